The lowest BCUT2D eigenvalue weighted by molar-refractivity contribution is 0.102. The molecule has 200 valence electrons. The Kier molecular flexibility index (Phi) is 6.93. The molecular weight excluding hydrogens is 504 g/mol. The van der Waals surface area contributed by atoms with Crippen molar-refractivity contribution in [2.24, 2.45) is 0 Å². The summed E-state index contributed by atoms with van der Waals surface area (Å²) < 4.78 is 1.42. The molecule has 3 aromatic carbocycles. The van der Waals surface area contributed by atoms with Gasteiger partial charge in [-0.3, -0.25) is 9.78 Å². The Balaban J connectivity index is 1.27. The molecule has 0 saturated heterocycles. The average Bonchev–Trinajstić information content (AvgIpc) is 3.68. The minimum Gasteiger partial charge on any atom is -0.507 e. The highest BCUT2D eigenvalue weighted by molar-refractivity contribution is 6.04. The molecule has 40 heavy (non-hydrogen) atoms. The van der Waals surface area contributed by atoms with Crippen LogP contribution in [0.5, 0.6) is 5.75 Å². The van der Waals surface area contributed by atoms with E-state index >= 15 is 0 Å². The summed E-state index contributed by atoms with van der Waals surface area (Å²) >= 11 is 0. The average molecular weight is 533 g/mol. The number of nitrogens with zero attached hydrogens (tertiary/aromatic N) is 4. The lowest BCUT2D eigenvalue weighted by atomic mass is 10.0. The van der Waals surface area contributed by atoms with Gasteiger partial charge < -0.3 is 15.7 Å². The van der Waals surface area contributed by atoms with Crippen molar-refractivity contribution in [1.29, 1.82) is 0 Å². The van der Waals surface area contributed by atoms with Crippen molar-refractivity contribution in [3.63, 3.8) is 0 Å². The summed E-state index contributed by atoms with van der Waals surface area (Å²) in [6.45, 7) is 0.378. The van der Waals surface area contributed by atoms with Gasteiger partial charge in [-0.2, -0.15) is 9.78 Å². The second-order valence-electron chi connectivity index (χ2n) is 9.92. The second-order valence-corrected chi connectivity index (χ2v) is 9.92. The number of rotatable bonds is 6. The van der Waals surface area contributed by atoms with E-state index in [0.29, 0.717) is 34.5 Å². The number of phenolic OH excluding ortho intramolecular Hbond substituents is 1. The van der Waals surface area contributed by atoms with Crippen molar-refractivity contribution in [3.05, 3.63) is 102 Å². The third-order valence-electron chi connectivity index (χ3n) is 7.20. The van der Waals surface area contributed by atoms with E-state index in [0.717, 1.165) is 36.9 Å². The van der Waals surface area contributed by atoms with Gasteiger partial charge in [-0.25, -0.2) is 9.78 Å². The largest absolute Gasteiger partial charge is 0.507 e. The number of carbonyl (C=O) groups is 2. The first-order valence-electron chi connectivity index (χ1n) is 13.3. The van der Waals surface area contributed by atoms with Crippen molar-refractivity contribution in [2.75, 3.05) is 5.32 Å². The van der Waals surface area contributed by atoms with Gasteiger partial charge in [0, 0.05) is 23.7 Å². The fraction of sp³-hybridized carbons (Fsp3) is 0.194. The number of fused-ring (bicyclic) bond motifs is 1. The summed E-state index contributed by atoms with van der Waals surface area (Å²) in [6.07, 6.45) is 5.59. The normalized spacial score (nSPS) is 13.4. The second kappa shape index (κ2) is 11.0. The van der Waals surface area contributed by atoms with E-state index in [1.165, 1.54) is 16.9 Å². The van der Waals surface area contributed by atoms with E-state index in [2.05, 4.69) is 25.7 Å². The molecule has 1 fully saturated rings. The number of aromatic hydroxyl groups is 1. The molecule has 1 aliphatic rings. The predicted molar refractivity (Wildman–Crippen MR) is 152 cm³/mol. The zero-order valence-electron chi connectivity index (χ0n) is 21.7. The van der Waals surface area contributed by atoms with Crippen LogP contribution in [0, 0.1) is 0 Å². The molecule has 2 aromatic heterocycles. The number of aromatic nitrogens is 4. The van der Waals surface area contributed by atoms with Gasteiger partial charge in [0.05, 0.1) is 28.6 Å². The van der Waals surface area contributed by atoms with Crippen molar-refractivity contribution < 1.29 is 14.7 Å². The van der Waals surface area contributed by atoms with Crippen LogP contribution in [-0.2, 0) is 6.54 Å². The van der Waals surface area contributed by atoms with Crippen LogP contribution >= 0.6 is 0 Å². The van der Waals surface area contributed by atoms with Gasteiger partial charge in [0.1, 0.15) is 11.4 Å². The third-order valence-corrected chi connectivity index (χ3v) is 7.20. The van der Waals surface area contributed by atoms with E-state index in [4.69, 9.17) is 0 Å². The number of hydrogen-bond acceptors (Lipinski definition) is 6. The molecule has 0 unspecified atom stereocenters. The molecule has 9 heteroatoms. The van der Waals surface area contributed by atoms with Crippen LogP contribution in [0.3, 0.4) is 0 Å². The summed E-state index contributed by atoms with van der Waals surface area (Å²) in [7, 11) is 0. The summed E-state index contributed by atoms with van der Waals surface area (Å²) in [5.41, 5.74) is 4.63. The fourth-order valence-corrected chi connectivity index (χ4v) is 5.13. The van der Waals surface area contributed by atoms with Crippen LogP contribution in [0.4, 0.5) is 10.5 Å². The molecule has 0 spiro atoms. The maximum absolute atomic E-state index is 13.2. The minimum absolute atomic E-state index is 0.00388. The van der Waals surface area contributed by atoms with Gasteiger partial charge in [-0.15, -0.1) is 0 Å². The highest BCUT2D eigenvalue weighted by Gasteiger charge is 2.26. The Morgan fingerprint density at radius 2 is 1.68 bits per heavy atom. The van der Waals surface area contributed by atoms with E-state index < -0.39 is 5.91 Å². The molecule has 5 aromatic rings. The number of hydrogen-bond donors (Lipinski definition) is 3. The molecule has 2 amide bonds. The third kappa shape index (κ3) is 5.26. The molecule has 0 atom stereocenters. The lowest BCUT2D eigenvalue weighted by Gasteiger charge is -2.12. The van der Waals surface area contributed by atoms with Crippen LogP contribution in [0.1, 0.15) is 53.3 Å². The SMILES string of the molecule is O=C(Nc1ccc(O)c(-c2cc(C3CCCC3)n(C(=O)NCc3ccccc3)n2)c1)c1cnc2ccccc2n1. The molecule has 2 heterocycles. The number of benzene rings is 3. The van der Waals surface area contributed by atoms with E-state index in [-0.39, 0.29) is 23.4 Å². The Labute approximate surface area is 230 Å². The number of para-hydroxylation sites is 2. The van der Waals surface area contributed by atoms with Gasteiger partial charge >= 0.3 is 6.03 Å². The lowest BCUT2D eigenvalue weighted by Crippen LogP contribution is -2.30. The highest BCUT2D eigenvalue weighted by Crippen LogP contribution is 2.38. The number of anilines is 1. The topological polar surface area (TPSA) is 122 Å². The molecule has 0 aliphatic heterocycles. The quantitative estimate of drug-likeness (QED) is 0.235. The van der Waals surface area contributed by atoms with Crippen LogP contribution in [0.25, 0.3) is 22.3 Å². The monoisotopic (exact) mass is 532 g/mol. The Morgan fingerprint density at radius 1 is 0.925 bits per heavy atom. The van der Waals surface area contributed by atoms with E-state index in [9.17, 15) is 14.7 Å². The zero-order chi connectivity index (χ0) is 27.5. The van der Waals surface area contributed by atoms with Gasteiger partial charge in [-0.1, -0.05) is 55.3 Å². The molecule has 9 nitrogen and oxygen atoms in total. The highest BCUT2D eigenvalue weighted by atomic mass is 16.3. The molecule has 1 aliphatic carbocycles. The van der Waals surface area contributed by atoms with Gasteiger partial charge in [0.15, 0.2) is 0 Å². The zero-order valence-corrected chi connectivity index (χ0v) is 21.7. The summed E-state index contributed by atoms with van der Waals surface area (Å²) in [5.74, 6) is -0.219. The standard InChI is InChI=1S/C31H28N6O3/c38-29-15-14-22(34-30(39)27-19-32-24-12-6-7-13-25(24)35-27)16-23(29)26-17-28(21-10-4-5-11-21)37(36-26)31(40)33-18-20-8-2-1-3-9-20/h1-3,6-9,12-17,19,21,38H,4-5,10-11,18H2,(H,33,40)(H,34,39). The molecule has 1 saturated carbocycles. The predicted octanol–water partition coefficient (Wildman–Crippen LogP) is 5.87. The Bertz CT molecular complexity index is 1690. The number of carbonyl (C=O) groups excluding carboxylic acids is 2. The van der Waals surface area contributed by atoms with Gasteiger partial charge in [-0.05, 0) is 54.8 Å². The van der Waals surface area contributed by atoms with E-state index in [1.54, 1.807) is 18.2 Å². The van der Waals surface area contributed by atoms with Gasteiger partial charge in [0.2, 0.25) is 0 Å². The molecule has 3 N–H and O–H groups in total. The smallest absolute Gasteiger partial charge is 0.342 e. The van der Waals surface area contributed by atoms with E-state index in [1.807, 2.05) is 54.6 Å². The first-order chi connectivity index (χ1) is 19.5. The Morgan fingerprint density at radius 3 is 2.48 bits per heavy atom. The number of nitrogens with one attached hydrogen (secondary N) is 2. The van der Waals surface area contributed by atoms with Crippen LogP contribution in [0.2, 0.25) is 0 Å². The van der Waals surface area contributed by atoms with Crippen molar-refractivity contribution in [2.45, 2.75) is 38.1 Å². The maximum atomic E-state index is 13.2. The maximum Gasteiger partial charge on any atom is 0.342 e. The van der Waals surface area contributed by atoms with Crippen molar-refractivity contribution in [1.82, 2.24) is 25.1 Å². The summed E-state index contributed by atoms with van der Waals surface area (Å²) in [4.78, 5) is 34.9. The first kappa shape index (κ1) is 25.2. The molecular formula is C31H28N6O3. The van der Waals surface area contributed by atoms with Crippen LogP contribution in [-0.4, -0.2) is 36.8 Å². The summed E-state index contributed by atoms with van der Waals surface area (Å²) in [5, 5.41) is 21.1. The molecule has 0 radical (unpaired) electrons. The molecule has 0 bridgehead atoms. The Hall–Kier alpha value is -5.05. The number of phenols is 1. The first-order valence-corrected chi connectivity index (χ1v) is 13.3. The van der Waals surface area contributed by atoms with Crippen molar-refractivity contribution in [3.8, 4) is 17.0 Å². The molecule has 6 rings (SSSR count). The van der Waals surface area contributed by atoms with Gasteiger partial charge in [0.25, 0.3) is 5.91 Å². The fourth-order valence-electron chi connectivity index (χ4n) is 5.13. The van der Waals surface area contributed by atoms with Crippen molar-refractivity contribution >= 4 is 28.7 Å². The van der Waals surface area contributed by atoms with Crippen LogP contribution in [0.15, 0.2) is 85.1 Å². The number of amides is 2. The summed E-state index contributed by atoms with van der Waals surface area (Å²) in [6, 6.07) is 23.3. The van der Waals surface area contributed by atoms with Crippen LogP contribution < -0.4 is 10.6 Å². The minimum atomic E-state index is -0.424.